The number of halogens is 2. The van der Waals surface area contributed by atoms with Gasteiger partial charge in [0.15, 0.2) is 5.17 Å². The van der Waals surface area contributed by atoms with E-state index >= 15 is 0 Å². The van der Waals surface area contributed by atoms with Crippen LogP contribution in [0.2, 0.25) is 10.0 Å². The Labute approximate surface area is 101 Å². The summed E-state index contributed by atoms with van der Waals surface area (Å²) in [6.07, 6.45) is 0. The number of rotatable bonds is 1. The highest BCUT2D eigenvalue weighted by Crippen LogP contribution is 2.33. The average molecular weight is 261 g/mol. The molecule has 1 fully saturated rings. The number of anilines is 1. The third-order valence-electron chi connectivity index (χ3n) is 1.94. The van der Waals surface area contributed by atoms with Crippen molar-refractivity contribution in [1.29, 1.82) is 5.41 Å². The first-order valence-electron chi connectivity index (χ1n) is 4.09. The normalized spacial score (nSPS) is 16.3. The number of benzene rings is 1. The molecule has 15 heavy (non-hydrogen) atoms. The summed E-state index contributed by atoms with van der Waals surface area (Å²) in [7, 11) is 0. The van der Waals surface area contributed by atoms with Gasteiger partial charge in [0.05, 0.1) is 16.5 Å². The molecule has 1 amide bonds. The van der Waals surface area contributed by atoms with Gasteiger partial charge in [0, 0.05) is 5.02 Å². The predicted octanol–water partition coefficient (Wildman–Crippen LogP) is 3.01. The zero-order chi connectivity index (χ0) is 11.0. The molecule has 1 aromatic rings. The first kappa shape index (κ1) is 10.8. The Morgan fingerprint density at radius 3 is 2.67 bits per heavy atom. The molecule has 1 N–H and O–H groups in total. The van der Waals surface area contributed by atoms with Gasteiger partial charge in [-0.3, -0.25) is 15.1 Å². The van der Waals surface area contributed by atoms with E-state index in [9.17, 15) is 4.79 Å². The molecule has 0 saturated carbocycles. The monoisotopic (exact) mass is 260 g/mol. The smallest absolute Gasteiger partial charge is 0.243 e. The molecular formula is C9H6Cl2N2OS. The molecule has 1 heterocycles. The van der Waals surface area contributed by atoms with Gasteiger partial charge in [-0.25, -0.2) is 0 Å². The summed E-state index contributed by atoms with van der Waals surface area (Å²) in [4.78, 5) is 12.8. The molecule has 0 atom stereocenters. The van der Waals surface area contributed by atoms with Crippen LogP contribution in [0.3, 0.4) is 0 Å². The van der Waals surface area contributed by atoms with E-state index in [-0.39, 0.29) is 16.8 Å². The highest BCUT2D eigenvalue weighted by Gasteiger charge is 2.29. The Morgan fingerprint density at radius 2 is 2.13 bits per heavy atom. The van der Waals surface area contributed by atoms with E-state index in [2.05, 4.69) is 0 Å². The van der Waals surface area contributed by atoms with E-state index in [1.165, 1.54) is 16.7 Å². The van der Waals surface area contributed by atoms with Crippen molar-refractivity contribution >= 4 is 51.7 Å². The van der Waals surface area contributed by atoms with Crippen molar-refractivity contribution < 1.29 is 4.79 Å². The van der Waals surface area contributed by atoms with Crippen LogP contribution in [0.5, 0.6) is 0 Å². The molecule has 78 valence electrons. The van der Waals surface area contributed by atoms with E-state index in [4.69, 9.17) is 28.6 Å². The van der Waals surface area contributed by atoms with Gasteiger partial charge < -0.3 is 0 Å². The van der Waals surface area contributed by atoms with Gasteiger partial charge in [0.2, 0.25) is 5.91 Å². The maximum Gasteiger partial charge on any atom is 0.243 e. The molecule has 1 aliphatic heterocycles. The van der Waals surface area contributed by atoms with Gasteiger partial charge in [-0.05, 0) is 18.2 Å². The zero-order valence-electron chi connectivity index (χ0n) is 7.46. The molecule has 3 nitrogen and oxygen atoms in total. The maximum absolute atomic E-state index is 11.5. The maximum atomic E-state index is 11.5. The SMILES string of the molecule is N=C1SCC(=O)N1c1ccc(Cl)cc1Cl. The van der Waals surface area contributed by atoms with Gasteiger partial charge in [0.1, 0.15) is 0 Å². The lowest BCUT2D eigenvalue weighted by atomic mass is 10.3. The Balaban J connectivity index is 2.45. The molecule has 0 radical (unpaired) electrons. The van der Waals surface area contributed by atoms with Crippen molar-refractivity contribution in [3.8, 4) is 0 Å². The quantitative estimate of drug-likeness (QED) is 0.844. The minimum Gasteiger partial charge on any atom is -0.278 e. The van der Waals surface area contributed by atoms with Gasteiger partial charge in [-0.15, -0.1) is 0 Å². The van der Waals surface area contributed by atoms with Crippen molar-refractivity contribution in [3.63, 3.8) is 0 Å². The van der Waals surface area contributed by atoms with Crippen LogP contribution in [0.1, 0.15) is 0 Å². The summed E-state index contributed by atoms with van der Waals surface area (Å²) in [6, 6.07) is 4.84. The molecule has 1 saturated heterocycles. The van der Waals surface area contributed by atoms with Crippen molar-refractivity contribution in [2.45, 2.75) is 0 Å². The average Bonchev–Trinajstić information content (AvgIpc) is 2.48. The fourth-order valence-electron chi connectivity index (χ4n) is 1.28. The molecule has 6 heteroatoms. The van der Waals surface area contributed by atoms with Crippen LogP contribution >= 0.6 is 35.0 Å². The zero-order valence-corrected chi connectivity index (χ0v) is 9.79. The summed E-state index contributed by atoms with van der Waals surface area (Å²) < 4.78 is 0. The van der Waals surface area contributed by atoms with Crippen LogP contribution in [0.15, 0.2) is 18.2 Å². The Hall–Kier alpha value is -0.710. The largest absolute Gasteiger partial charge is 0.278 e. The Morgan fingerprint density at radius 1 is 1.40 bits per heavy atom. The first-order chi connectivity index (χ1) is 7.09. The number of nitrogens with one attached hydrogen (secondary N) is 1. The minimum absolute atomic E-state index is 0.130. The fourth-order valence-corrected chi connectivity index (χ4v) is 2.49. The van der Waals surface area contributed by atoms with Crippen LogP contribution in [0, 0.1) is 5.41 Å². The molecule has 0 bridgehead atoms. The molecule has 0 spiro atoms. The first-order valence-corrected chi connectivity index (χ1v) is 5.83. The van der Waals surface area contributed by atoms with E-state index in [0.717, 1.165) is 0 Å². The van der Waals surface area contributed by atoms with Crippen LogP contribution in [0.25, 0.3) is 0 Å². The molecule has 1 aliphatic rings. The van der Waals surface area contributed by atoms with Crippen molar-refractivity contribution in [3.05, 3.63) is 28.2 Å². The van der Waals surface area contributed by atoms with E-state index < -0.39 is 0 Å². The lowest BCUT2D eigenvalue weighted by molar-refractivity contribution is -0.115. The van der Waals surface area contributed by atoms with Gasteiger partial charge in [-0.2, -0.15) is 0 Å². The fraction of sp³-hybridized carbons (Fsp3) is 0.111. The Kier molecular flexibility index (Phi) is 2.91. The standard InChI is InChI=1S/C9H6Cl2N2OS/c10-5-1-2-7(6(11)3-5)13-8(14)4-15-9(13)12/h1-3,12H,4H2. The summed E-state index contributed by atoms with van der Waals surface area (Å²) in [5.74, 6) is 0.159. The van der Waals surface area contributed by atoms with Gasteiger partial charge in [-0.1, -0.05) is 35.0 Å². The predicted molar refractivity (Wildman–Crippen MR) is 64.1 cm³/mol. The topological polar surface area (TPSA) is 44.2 Å². The summed E-state index contributed by atoms with van der Waals surface area (Å²) in [6.45, 7) is 0. The number of thioether (sulfide) groups is 1. The molecular weight excluding hydrogens is 255 g/mol. The van der Waals surface area contributed by atoms with Crippen LogP contribution < -0.4 is 4.90 Å². The lowest BCUT2D eigenvalue weighted by Gasteiger charge is -2.16. The number of amidine groups is 1. The van der Waals surface area contributed by atoms with Crippen LogP contribution in [-0.2, 0) is 4.79 Å². The summed E-state index contributed by atoms with van der Waals surface area (Å²) in [5, 5.41) is 8.69. The third-order valence-corrected chi connectivity index (χ3v) is 3.32. The van der Waals surface area contributed by atoms with Crippen molar-refractivity contribution in [1.82, 2.24) is 0 Å². The molecule has 2 rings (SSSR count). The summed E-state index contributed by atoms with van der Waals surface area (Å²) in [5.41, 5.74) is 0.515. The molecule has 0 aliphatic carbocycles. The number of carbonyl (C=O) groups is 1. The van der Waals surface area contributed by atoms with Gasteiger partial charge in [0.25, 0.3) is 0 Å². The Bertz CT molecular complexity index is 434. The number of carbonyl (C=O) groups excluding carboxylic acids is 1. The van der Waals surface area contributed by atoms with Crippen LogP contribution in [0.4, 0.5) is 5.69 Å². The van der Waals surface area contributed by atoms with Crippen LogP contribution in [-0.4, -0.2) is 16.8 Å². The van der Waals surface area contributed by atoms with Crippen molar-refractivity contribution in [2.24, 2.45) is 0 Å². The number of hydrogen-bond donors (Lipinski definition) is 1. The molecule has 1 aromatic carbocycles. The number of amides is 1. The minimum atomic E-state index is -0.130. The second kappa shape index (κ2) is 4.04. The van der Waals surface area contributed by atoms with Gasteiger partial charge >= 0.3 is 0 Å². The van der Waals surface area contributed by atoms with E-state index in [1.807, 2.05) is 0 Å². The molecule has 0 aromatic heterocycles. The highest BCUT2D eigenvalue weighted by molar-refractivity contribution is 8.15. The number of nitrogens with zero attached hydrogens (tertiary/aromatic N) is 1. The summed E-state index contributed by atoms with van der Waals surface area (Å²) >= 11 is 12.9. The second-order valence-corrected chi connectivity index (χ2v) is 4.73. The molecule has 0 unspecified atom stereocenters. The second-order valence-electron chi connectivity index (χ2n) is 2.92. The van der Waals surface area contributed by atoms with E-state index in [0.29, 0.717) is 15.7 Å². The van der Waals surface area contributed by atoms with Crippen molar-refractivity contribution in [2.75, 3.05) is 10.7 Å². The third kappa shape index (κ3) is 1.97. The van der Waals surface area contributed by atoms with E-state index in [1.54, 1.807) is 18.2 Å². The highest BCUT2D eigenvalue weighted by atomic mass is 35.5. The lowest BCUT2D eigenvalue weighted by Crippen LogP contribution is -2.28. The number of hydrogen-bond acceptors (Lipinski definition) is 3.